The number of allylic oxidation sites excluding steroid dienone is 1. The van der Waals surface area contributed by atoms with Crippen LogP contribution in [0.4, 0.5) is 4.79 Å². The molecule has 1 amide bonds. The molecule has 0 aliphatic carbocycles. The molecular formula is C12H21NO2. The van der Waals surface area contributed by atoms with Crippen LogP contribution in [0.25, 0.3) is 0 Å². The van der Waals surface area contributed by atoms with E-state index in [-0.39, 0.29) is 6.09 Å². The quantitative estimate of drug-likeness (QED) is 0.624. The first kappa shape index (κ1) is 12.1. The van der Waals surface area contributed by atoms with E-state index < -0.39 is 5.60 Å². The first-order valence-electron chi connectivity index (χ1n) is 5.49. The zero-order chi connectivity index (χ0) is 11.6. The summed E-state index contributed by atoms with van der Waals surface area (Å²) in [6.45, 7) is 11.4. The first-order chi connectivity index (χ1) is 6.83. The summed E-state index contributed by atoms with van der Waals surface area (Å²) in [5, 5.41) is 0. The molecular weight excluding hydrogens is 190 g/mol. The van der Waals surface area contributed by atoms with Gasteiger partial charge in [0.25, 0.3) is 0 Å². The highest BCUT2D eigenvalue weighted by atomic mass is 16.6. The lowest BCUT2D eigenvalue weighted by molar-refractivity contribution is 0.0212. The Morgan fingerprint density at radius 2 is 1.93 bits per heavy atom. The second kappa shape index (κ2) is 4.25. The highest BCUT2D eigenvalue weighted by molar-refractivity contribution is 5.70. The molecule has 0 bridgehead atoms. The minimum atomic E-state index is -0.393. The van der Waals surface area contributed by atoms with Crippen molar-refractivity contribution in [2.45, 2.75) is 46.6 Å². The van der Waals surface area contributed by atoms with Crippen LogP contribution in [0.5, 0.6) is 0 Å². The van der Waals surface area contributed by atoms with Gasteiger partial charge in [0.05, 0.1) is 0 Å². The van der Waals surface area contributed by atoms with E-state index in [1.807, 2.05) is 20.8 Å². The predicted molar refractivity (Wildman–Crippen MR) is 60.8 cm³/mol. The third-order valence-corrected chi connectivity index (χ3v) is 2.55. The van der Waals surface area contributed by atoms with Crippen LogP contribution in [0.3, 0.4) is 0 Å². The maximum absolute atomic E-state index is 11.6. The molecule has 0 saturated carbocycles. The van der Waals surface area contributed by atoms with Crippen molar-refractivity contribution in [3.05, 3.63) is 11.1 Å². The van der Waals surface area contributed by atoms with Crippen molar-refractivity contribution in [3.63, 3.8) is 0 Å². The first-order valence-corrected chi connectivity index (χ1v) is 5.49. The lowest BCUT2D eigenvalue weighted by Crippen LogP contribution is -2.47. The van der Waals surface area contributed by atoms with Crippen LogP contribution in [0.15, 0.2) is 11.1 Å². The number of rotatable bonds is 1. The van der Waals surface area contributed by atoms with Crippen LogP contribution in [-0.4, -0.2) is 29.7 Å². The molecule has 0 aromatic carbocycles. The van der Waals surface area contributed by atoms with Gasteiger partial charge in [0.15, 0.2) is 0 Å². The number of ether oxygens (including phenoxy) is 1. The molecule has 3 nitrogen and oxygen atoms in total. The lowest BCUT2D eigenvalue weighted by atomic mass is 10.0. The highest BCUT2D eigenvalue weighted by Gasteiger charge is 2.30. The molecule has 1 aliphatic rings. The van der Waals surface area contributed by atoms with Crippen molar-refractivity contribution < 1.29 is 9.53 Å². The van der Waals surface area contributed by atoms with Gasteiger partial charge in [0.1, 0.15) is 5.60 Å². The van der Waals surface area contributed by atoms with Crippen LogP contribution in [0.1, 0.15) is 41.0 Å². The summed E-state index contributed by atoms with van der Waals surface area (Å²) < 4.78 is 5.27. The summed E-state index contributed by atoms with van der Waals surface area (Å²) >= 11 is 0. The second-order valence-corrected chi connectivity index (χ2v) is 5.07. The van der Waals surface area contributed by atoms with Gasteiger partial charge in [-0.1, -0.05) is 12.5 Å². The van der Waals surface area contributed by atoms with Crippen LogP contribution in [0.2, 0.25) is 0 Å². The molecule has 86 valence electrons. The monoisotopic (exact) mass is 211 g/mol. The van der Waals surface area contributed by atoms with Gasteiger partial charge >= 0.3 is 6.09 Å². The third-order valence-electron chi connectivity index (χ3n) is 2.55. The largest absolute Gasteiger partial charge is 0.444 e. The number of nitrogens with zero attached hydrogens (tertiary/aromatic N) is 1. The van der Waals surface area contributed by atoms with Crippen molar-refractivity contribution >= 4 is 6.09 Å². The fraction of sp³-hybridized carbons (Fsp3) is 0.750. The molecule has 0 unspecified atom stereocenters. The average molecular weight is 211 g/mol. The summed E-state index contributed by atoms with van der Waals surface area (Å²) in [5.74, 6) is 0. The summed E-state index contributed by atoms with van der Waals surface area (Å²) in [6.07, 6.45) is 0.868. The Labute approximate surface area is 92.1 Å². The number of hydrogen-bond donors (Lipinski definition) is 0. The highest BCUT2D eigenvalue weighted by Crippen LogP contribution is 2.22. The Morgan fingerprint density at radius 1 is 1.40 bits per heavy atom. The van der Waals surface area contributed by atoms with E-state index in [2.05, 4.69) is 13.8 Å². The molecule has 15 heavy (non-hydrogen) atoms. The summed E-state index contributed by atoms with van der Waals surface area (Å²) in [5.41, 5.74) is 2.38. The Hall–Kier alpha value is -0.990. The number of carbonyl (C=O) groups is 1. The molecule has 0 radical (unpaired) electrons. The number of likely N-dealkylation sites (tertiary alicyclic amines) is 1. The third kappa shape index (κ3) is 3.26. The van der Waals surface area contributed by atoms with Crippen molar-refractivity contribution in [2.24, 2.45) is 0 Å². The van der Waals surface area contributed by atoms with E-state index in [1.165, 1.54) is 11.1 Å². The maximum Gasteiger partial charge on any atom is 0.410 e. The van der Waals surface area contributed by atoms with Gasteiger partial charge in [-0.25, -0.2) is 4.79 Å². The standard InChI is InChI=1S/C12H21NO2/c1-6-9(2)10-7-13(8-10)11(14)15-12(3,4)5/h6-8H2,1-5H3. The Kier molecular flexibility index (Phi) is 3.42. The van der Waals surface area contributed by atoms with Gasteiger partial charge in [-0.15, -0.1) is 0 Å². The van der Waals surface area contributed by atoms with Gasteiger partial charge in [-0.2, -0.15) is 0 Å². The van der Waals surface area contributed by atoms with Gasteiger partial charge in [0.2, 0.25) is 0 Å². The van der Waals surface area contributed by atoms with Gasteiger partial charge in [0, 0.05) is 13.1 Å². The topological polar surface area (TPSA) is 29.5 Å². The van der Waals surface area contributed by atoms with Gasteiger partial charge in [-0.05, 0) is 39.7 Å². The van der Waals surface area contributed by atoms with Crippen LogP contribution in [0, 0.1) is 0 Å². The molecule has 1 fully saturated rings. The minimum absolute atomic E-state index is 0.199. The summed E-state index contributed by atoms with van der Waals surface area (Å²) in [4.78, 5) is 13.3. The van der Waals surface area contributed by atoms with E-state index in [0.29, 0.717) is 0 Å². The molecule has 1 rings (SSSR count). The summed E-state index contributed by atoms with van der Waals surface area (Å²) in [7, 11) is 0. The molecule has 0 N–H and O–H groups in total. The molecule has 1 aliphatic heterocycles. The van der Waals surface area contributed by atoms with Crippen molar-refractivity contribution in [3.8, 4) is 0 Å². The Balaban J connectivity index is 2.43. The van der Waals surface area contributed by atoms with Crippen molar-refractivity contribution in [1.82, 2.24) is 4.90 Å². The number of amides is 1. The molecule has 1 saturated heterocycles. The lowest BCUT2D eigenvalue weighted by Gasteiger charge is -2.36. The van der Waals surface area contributed by atoms with Gasteiger partial charge in [-0.3, -0.25) is 0 Å². The smallest absolute Gasteiger partial charge is 0.410 e. The van der Waals surface area contributed by atoms with E-state index in [4.69, 9.17) is 4.74 Å². The zero-order valence-corrected chi connectivity index (χ0v) is 10.4. The number of hydrogen-bond acceptors (Lipinski definition) is 2. The van der Waals surface area contributed by atoms with Crippen LogP contribution < -0.4 is 0 Å². The van der Waals surface area contributed by atoms with E-state index >= 15 is 0 Å². The SMILES string of the molecule is CCC(C)=C1CN(C(=O)OC(C)(C)C)C1. The number of carbonyl (C=O) groups excluding carboxylic acids is 1. The van der Waals surface area contributed by atoms with Crippen LogP contribution in [-0.2, 0) is 4.74 Å². The molecule has 0 aromatic heterocycles. The maximum atomic E-state index is 11.6. The minimum Gasteiger partial charge on any atom is -0.444 e. The van der Waals surface area contributed by atoms with E-state index in [0.717, 1.165) is 19.5 Å². The molecule has 0 aromatic rings. The van der Waals surface area contributed by atoms with Gasteiger partial charge < -0.3 is 9.64 Å². The second-order valence-electron chi connectivity index (χ2n) is 5.07. The fourth-order valence-electron chi connectivity index (χ4n) is 1.39. The molecule has 3 heteroatoms. The fourth-order valence-corrected chi connectivity index (χ4v) is 1.39. The van der Waals surface area contributed by atoms with Crippen molar-refractivity contribution in [1.29, 1.82) is 0 Å². The molecule has 0 atom stereocenters. The summed E-state index contributed by atoms with van der Waals surface area (Å²) in [6, 6.07) is 0. The Bertz CT molecular complexity index is 278. The average Bonchev–Trinajstić information content (AvgIpc) is 1.97. The molecule has 0 spiro atoms. The predicted octanol–water partition coefficient (Wildman–Crippen LogP) is 2.96. The normalized spacial score (nSPS) is 16.1. The molecule has 1 heterocycles. The van der Waals surface area contributed by atoms with E-state index in [1.54, 1.807) is 4.90 Å². The zero-order valence-electron chi connectivity index (χ0n) is 10.4. The van der Waals surface area contributed by atoms with Crippen molar-refractivity contribution in [2.75, 3.05) is 13.1 Å². The van der Waals surface area contributed by atoms with Crippen LogP contribution >= 0.6 is 0 Å². The van der Waals surface area contributed by atoms with E-state index in [9.17, 15) is 4.79 Å². The Morgan fingerprint density at radius 3 is 2.33 bits per heavy atom.